The topological polar surface area (TPSA) is 173 Å². The highest BCUT2D eigenvalue weighted by molar-refractivity contribution is 7.85. The van der Waals surface area contributed by atoms with E-state index >= 15 is 0 Å². The molecule has 2 heterocycles. The van der Waals surface area contributed by atoms with Crippen molar-refractivity contribution in [3.05, 3.63) is 49.4 Å². The Labute approximate surface area is 182 Å². The van der Waals surface area contributed by atoms with Crippen LogP contribution in [0.2, 0.25) is 8.67 Å². The highest BCUT2D eigenvalue weighted by Gasteiger charge is 2.29. The predicted molar refractivity (Wildman–Crippen MR) is 117 cm³/mol. The van der Waals surface area contributed by atoms with E-state index in [2.05, 4.69) is 15.5 Å². The number of hydrazone groups is 1. The zero-order valence-corrected chi connectivity index (χ0v) is 18.7. The zero-order valence-electron chi connectivity index (χ0n) is 15.5. The summed E-state index contributed by atoms with van der Waals surface area (Å²) in [6, 6.07) is 3.87. The molecule has 1 aliphatic carbocycles. The smallest absolute Gasteiger partial charge is 0.261 e. The third-order valence-corrected chi connectivity index (χ3v) is 5.36. The molecule has 9 nitrogen and oxygen atoms in total. The van der Waals surface area contributed by atoms with Gasteiger partial charge in [0, 0.05) is 11.8 Å². The number of halogens is 2. The molecule has 1 atom stereocenters. The van der Waals surface area contributed by atoms with E-state index in [9.17, 15) is 8.42 Å². The molecule has 0 saturated heterocycles. The van der Waals surface area contributed by atoms with Gasteiger partial charge in [-0.3, -0.25) is 14.9 Å². The fourth-order valence-electron chi connectivity index (χ4n) is 2.88. The summed E-state index contributed by atoms with van der Waals surface area (Å²) in [7, 11) is -3.67. The summed E-state index contributed by atoms with van der Waals surface area (Å²) in [5, 5.41) is 11.6. The lowest BCUT2D eigenvalue weighted by Crippen LogP contribution is -2.29. The summed E-state index contributed by atoms with van der Waals surface area (Å²) in [6.45, 7) is 2.03. The van der Waals surface area contributed by atoms with Crippen LogP contribution in [0.5, 0.6) is 0 Å². The van der Waals surface area contributed by atoms with Gasteiger partial charge < -0.3 is 11.2 Å². The second-order valence-electron chi connectivity index (χ2n) is 6.15. The molecular weight excluding hydrogens is 461 g/mol. The quantitative estimate of drug-likeness (QED) is 0.221. The molecule has 13 heteroatoms. The van der Waals surface area contributed by atoms with Gasteiger partial charge in [-0.1, -0.05) is 23.2 Å². The standard InChI is InChI=1S/C15H15Cl2N5S.CH4O3S.H2O/c1-7-2-3-20-10-4-8(9-6-12(16)23-14(9)17)5-11(13(7)10)21-22-15(18)19;1-5(2,3)4;/h2-3,6,8H,4-5H2,1H3,(H4,18,19,22);1H3,(H,2,3,4);1H2. The number of nitrogens with one attached hydrogen (secondary N) is 2. The summed E-state index contributed by atoms with van der Waals surface area (Å²) in [6.07, 6.45) is 3.98. The Morgan fingerprint density at radius 3 is 2.59 bits per heavy atom. The van der Waals surface area contributed by atoms with Crippen LogP contribution in [-0.2, 0) is 16.5 Å². The van der Waals surface area contributed by atoms with Gasteiger partial charge in [-0.25, -0.2) is 5.43 Å². The number of aryl methyl sites for hydroxylation is 1. The van der Waals surface area contributed by atoms with E-state index in [-0.39, 0.29) is 17.4 Å². The lowest BCUT2D eigenvalue weighted by atomic mass is 9.81. The van der Waals surface area contributed by atoms with Crippen LogP contribution in [0.25, 0.3) is 0 Å². The molecule has 0 saturated carbocycles. The van der Waals surface area contributed by atoms with Gasteiger partial charge in [0.1, 0.15) is 0 Å². The van der Waals surface area contributed by atoms with E-state index in [1.54, 1.807) is 6.20 Å². The van der Waals surface area contributed by atoms with E-state index in [1.807, 2.05) is 19.1 Å². The number of pyridine rings is 1. The minimum Gasteiger partial charge on any atom is -0.412 e. The van der Waals surface area contributed by atoms with Crippen molar-refractivity contribution in [2.75, 3.05) is 6.26 Å². The number of hydrogen-bond acceptors (Lipinski definition) is 6. The minimum absolute atomic E-state index is 0. The van der Waals surface area contributed by atoms with Crippen LogP contribution in [-0.4, -0.2) is 41.4 Å². The number of nitrogens with two attached hydrogens (primary N) is 1. The number of rotatable bonds is 2. The van der Waals surface area contributed by atoms with Crippen molar-refractivity contribution in [2.45, 2.75) is 25.7 Å². The number of nitrogens with zero attached hydrogens (tertiary/aromatic N) is 2. The number of aromatic nitrogens is 1. The zero-order chi connectivity index (χ0) is 21.1. The van der Waals surface area contributed by atoms with Gasteiger partial charge in [-0.15, -0.1) is 11.3 Å². The van der Waals surface area contributed by atoms with Crippen LogP contribution in [0, 0.1) is 12.3 Å². The number of hydrogen-bond donors (Lipinski definition) is 4. The maximum Gasteiger partial charge on any atom is 0.261 e. The van der Waals surface area contributed by atoms with Gasteiger partial charge in [0.2, 0.25) is 5.96 Å². The summed E-state index contributed by atoms with van der Waals surface area (Å²) < 4.78 is 27.2. The molecule has 2 aromatic rings. The van der Waals surface area contributed by atoms with Gasteiger partial charge in [0.25, 0.3) is 10.1 Å². The second kappa shape index (κ2) is 10.3. The largest absolute Gasteiger partial charge is 0.412 e. The van der Waals surface area contributed by atoms with Crippen molar-refractivity contribution < 1.29 is 18.4 Å². The Morgan fingerprint density at radius 1 is 1.45 bits per heavy atom. The molecule has 0 aliphatic heterocycles. The fourth-order valence-corrected chi connectivity index (χ4v) is 4.51. The maximum absolute atomic E-state index is 9.19. The highest BCUT2D eigenvalue weighted by Crippen LogP contribution is 2.41. The molecule has 0 spiro atoms. The average molecular weight is 482 g/mol. The molecule has 0 aromatic carbocycles. The van der Waals surface area contributed by atoms with Gasteiger partial charge in [0.15, 0.2) is 0 Å². The van der Waals surface area contributed by atoms with Gasteiger partial charge in [0.05, 0.1) is 26.3 Å². The first-order chi connectivity index (χ1) is 13.0. The van der Waals surface area contributed by atoms with Crippen molar-refractivity contribution in [1.29, 1.82) is 5.41 Å². The lowest BCUT2D eigenvalue weighted by Gasteiger charge is -2.26. The summed E-state index contributed by atoms with van der Waals surface area (Å²) in [4.78, 5) is 4.50. The van der Waals surface area contributed by atoms with Gasteiger partial charge >= 0.3 is 0 Å². The molecule has 1 aliphatic rings. The van der Waals surface area contributed by atoms with Crippen molar-refractivity contribution in [2.24, 2.45) is 10.8 Å². The minimum atomic E-state index is -3.67. The third kappa shape index (κ3) is 7.53. The van der Waals surface area contributed by atoms with E-state index < -0.39 is 10.1 Å². The molecule has 160 valence electrons. The van der Waals surface area contributed by atoms with Crippen LogP contribution >= 0.6 is 34.5 Å². The summed E-state index contributed by atoms with van der Waals surface area (Å²) >= 11 is 13.8. The normalized spacial score (nSPS) is 16.9. The molecule has 7 N–H and O–H groups in total. The van der Waals surface area contributed by atoms with Gasteiger partial charge in [-0.05, 0) is 48.9 Å². The van der Waals surface area contributed by atoms with Crippen LogP contribution in [0.4, 0.5) is 0 Å². The molecule has 1 unspecified atom stereocenters. The van der Waals surface area contributed by atoms with Gasteiger partial charge in [-0.2, -0.15) is 13.5 Å². The van der Waals surface area contributed by atoms with Crippen LogP contribution < -0.4 is 11.2 Å². The fraction of sp³-hybridized carbons (Fsp3) is 0.312. The lowest BCUT2D eigenvalue weighted by molar-refractivity contribution is 0.490. The Bertz CT molecular complexity index is 1020. The molecule has 0 bridgehead atoms. The molecule has 0 radical (unpaired) electrons. The Balaban J connectivity index is 0.000000628. The number of thiophene rings is 1. The molecule has 0 amide bonds. The van der Waals surface area contributed by atoms with E-state index in [0.29, 0.717) is 21.3 Å². The van der Waals surface area contributed by atoms with Crippen molar-refractivity contribution in [3.8, 4) is 0 Å². The maximum atomic E-state index is 9.19. The van der Waals surface area contributed by atoms with Crippen LogP contribution in [0.15, 0.2) is 23.4 Å². The van der Waals surface area contributed by atoms with Crippen molar-refractivity contribution in [1.82, 2.24) is 10.4 Å². The second-order valence-corrected chi connectivity index (χ2v) is 9.90. The predicted octanol–water partition coefficient (Wildman–Crippen LogP) is 2.35. The van der Waals surface area contributed by atoms with Crippen LogP contribution in [0.1, 0.15) is 34.7 Å². The van der Waals surface area contributed by atoms with Crippen molar-refractivity contribution in [3.63, 3.8) is 0 Å². The molecule has 2 aromatic heterocycles. The Morgan fingerprint density at radius 2 is 2.07 bits per heavy atom. The van der Waals surface area contributed by atoms with Crippen molar-refractivity contribution >= 4 is 56.3 Å². The monoisotopic (exact) mass is 481 g/mol. The molecular formula is C16H21Cl2N5O4S2. The SMILES string of the molecule is CS(=O)(=O)O.Cc1ccnc2c1C(=NNC(=N)N)CC(c1cc(Cl)sc1Cl)C2.O. The highest BCUT2D eigenvalue weighted by atomic mass is 35.5. The molecule has 0 fully saturated rings. The summed E-state index contributed by atoms with van der Waals surface area (Å²) in [5.41, 5.74) is 12.8. The average Bonchev–Trinajstić information content (AvgIpc) is 2.89. The number of guanidine groups is 1. The van der Waals surface area contributed by atoms with E-state index in [4.69, 9.17) is 38.9 Å². The van der Waals surface area contributed by atoms with Crippen LogP contribution in [0.3, 0.4) is 0 Å². The first-order valence-electron chi connectivity index (χ1n) is 7.94. The Hall–Kier alpha value is -1.76. The number of fused-ring (bicyclic) bond motifs is 1. The van der Waals surface area contributed by atoms with E-state index in [0.717, 1.165) is 34.5 Å². The van der Waals surface area contributed by atoms with E-state index in [1.165, 1.54) is 11.3 Å². The third-order valence-electron chi connectivity index (χ3n) is 3.84. The first-order valence-corrected chi connectivity index (χ1v) is 11.4. The first kappa shape index (κ1) is 25.3. The Kier molecular flexibility index (Phi) is 9.00. The molecule has 3 rings (SSSR count). The molecule has 29 heavy (non-hydrogen) atoms. The summed E-state index contributed by atoms with van der Waals surface area (Å²) in [5.74, 6) is -0.0418.